The Bertz CT molecular complexity index is 1140. The van der Waals surface area contributed by atoms with Crippen molar-refractivity contribution in [2.75, 3.05) is 18.1 Å². The van der Waals surface area contributed by atoms with Gasteiger partial charge in [0.25, 0.3) is 0 Å². The quantitative estimate of drug-likeness (QED) is 0.109. The predicted molar refractivity (Wildman–Crippen MR) is 162 cm³/mol. The van der Waals surface area contributed by atoms with Crippen LogP contribution in [0.4, 0.5) is 21.5 Å². The van der Waals surface area contributed by atoms with Gasteiger partial charge in [0.2, 0.25) is 0 Å². The zero-order valence-electron chi connectivity index (χ0n) is 23.9. The van der Waals surface area contributed by atoms with E-state index in [0.717, 1.165) is 23.8 Å². The number of anilines is 3. The number of hydrogen-bond donors (Lipinski definition) is 3. The molecule has 0 aliphatic rings. The molecule has 3 aromatic rings. The first-order valence-electron chi connectivity index (χ1n) is 13.6. The van der Waals surface area contributed by atoms with Crippen LogP contribution >= 0.6 is 0 Å². The predicted octanol–water partition coefficient (Wildman–Crippen LogP) is 8.26. The van der Waals surface area contributed by atoms with Gasteiger partial charge in [0.15, 0.2) is 0 Å². The van der Waals surface area contributed by atoms with Gasteiger partial charge < -0.3 is 16.8 Å². The lowest BCUT2D eigenvalue weighted by molar-refractivity contribution is 0.112. The third kappa shape index (κ3) is 9.66. The van der Waals surface area contributed by atoms with E-state index in [1.165, 1.54) is 37.3 Å². The van der Waals surface area contributed by atoms with Gasteiger partial charge in [-0.1, -0.05) is 83.9 Å². The summed E-state index contributed by atoms with van der Waals surface area (Å²) in [4.78, 5) is 14.4. The first-order valence-corrected chi connectivity index (χ1v) is 13.6. The summed E-state index contributed by atoms with van der Waals surface area (Å²) in [5.41, 5.74) is 17.1. The molecule has 0 atom stereocenters. The lowest BCUT2D eigenvalue weighted by Gasteiger charge is -2.15. The summed E-state index contributed by atoms with van der Waals surface area (Å²) >= 11 is 0. The van der Waals surface area contributed by atoms with Crippen LogP contribution in [0.2, 0.25) is 0 Å². The van der Waals surface area contributed by atoms with Crippen molar-refractivity contribution in [2.24, 2.45) is 10.7 Å². The highest BCUT2D eigenvalue weighted by Crippen LogP contribution is 2.27. The van der Waals surface area contributed by atoms with Crippen LogP contribution in [0.3, 0.4) is 0 Å². The maximum atomic E-state index is 14.0. The Morgan fingerprint density at radius 3 is 2.13 bits per heavy atom. The Hall–Kier alpha value is -3.67. The molecule has 0 fully saturated rings. The third-order valence-corrected chi connectivity index (χ3v) is 6.14. The highest BCUT2D eigenvalue weighted by Gasteiger charge is 2.10. The molecule has 0 aliphatic carbocycles. The lowest BCUT2D eigenvalue weighted by Crippen LogP contribution is -2.15. The van der Waals surface area contributed by atoms with Crippen molar-refractivity contribution in [3.8, 4) is 0 Å². The molecule has 3 aromatic carbocycles. The van der Waals surface area contributed by atoms with E-state index in [9.17, 15) is 9.18 Å². The molecule has 0 aliphatic heterocycles. The summed E-state index contributed by atoms with van der Waals surface area (Å²) in [6.07, 6.45) is 6.57. The molecule has 5 nitrogen and oxygen atoms in total. The number of aldehydes is 1. The lowest BCUT2D eigenvalue weighted by atomic mass is 9.90. The molecule has 38 heavy (non-hydrogen) atoms. The number of carbonyl (C=O) groups excluding carboxylic acids is 1. The molecule has 0 spiro atoms. The number of hydrogen-bond acceptors (Lipinski definition) is 4. The number of aryl methyl sites for hydroxylation is 1. The number of amidine groups is 1. The Kier molecular flexibility index (Phi) is 15.1. The van der Waals surface area contributed by atoms with E-state index in [0.29, 0.717) is 34.4 Å². The number of halogens is 1. The molecule has 0 saturated heterocycles. The van der Waals surface area contributed by atoms with Gasteiger partial charge in [0, 0.05) is 29.5 Å². The standard InChI is InChI=1S/C16H19FN4.C14H20O.C2H6/c1-3-10-5-4-6-13(17)15(10)21-11-7-8-12(14(18)9-11)16(19)20-2;1-3-5-13(6-4-2)14-9-7-12(11-15)8-10-14;1-2/h4-9,21H,3,18H2,1-2H3,(H2,19,20);7-11,13H,3-6H2,1-2H3;1-2H3. The zero-order chi connectivity index (χ0) is 28.5. The monoisotopic (exact) mass is 520 g/mol. The Morgan fingerprint density at radius 1 is 1.00 bits per heavy atom. The number of carbonyl (C=O) groups is 1. The molecular formula is C32H45FN4O. The maximum Gasteiger partial charge on any atom is 0.150 e. The average molecular weight is 521 g/mol. The fourth-order valence-corrected chi connectivity index (χ4v) is 4.16. The van der Waals surface area contributed by atoms with E-state index in [4.69, 9.17) is 11.5 Å². The molecular weight excluding hydrogens is 475 g/mol. The molecule has 6 heteroatoms. The number of benzene rings is 3. The largest absolute Gasteiger partial charge is 0.398 e. The fourth-order valence-electron chi connectivity index (χ4n) is 4.16. The molecule has 0 bridgehead atoms. The minimum Gasteiger partial charge on any atom is -0.398 e. The number of nitrogens with one attached hydrogen (secondary N) is 1. The van der Waals surface area contributed by atoms with Crippen molar-refractivity contribution < 1.29 is 9.18 Å². The van der Waals surface area contributed by atoms with Gasteiger partial charge in [0.1, 0.15) is 17.9 Å². The fraction of sp³-hybridized carbons (Fsp3) is 0.375. The molecule has 3 rings (SSSR count). The number of nitrogen functional groups attached to an aromatic ring is 1. The van der Waals surface area contributed by atoms with Crippen LogP contribution in [0.1, 0.15) is 93.3 Å². The highest BCUT2D eigenvalue weighted by atomic mass is 19.1. The molecule has 0 heterocycles. The molecule has 5 N–H and O–H groups in total. The van der Waals surface area contributed by atoms with Crippen LogP contribution in [0.5, 0.6) is 0 Å². The van der Waals surface area contributed by atoms with E-state index in [-0.39, 0.29) is 5.82 Å². The molecule has 0 amide bonds. The van der Waals surface area contributed by atoms with Crippen LogP contribution in [0.15, 0.2) is 65.7 Å². The van der Waals surface area contributed by atoms with Crippen LogP contribution < -0.4 is 16.8 Å². The average Bonchev–Trinajstić information content (AvgIpc) is 2.95. The molecule has 206 valence electrons. The minimum atomic E-state index is -0.286. The van der Waals surface area contributed by atoms with Crippen LogP contribution in [-0.2, 0) is 6.42 Å². The van der Waals surface area contributed by atoms with E-state index in [2.05, 4.69) is 36.3 Å². The molecule has 0 saturated carbocycles. The van der Waals surface area contributed by atoms with E-state index in [1.54, 1.807) is 31.3 Å². The van der Waals surface area contributed by atoms with Crippen molar-refractivity contribution in [1.82, 2.24) is 0 Å². The van der Waals surface area contributed by atoms with E-state index >= 15 is 0 Å². The number of rotatable bonds is 10. The number of para-hydroxylation sites is 1. The Labute approximate surface area is 228 Å². The third-order valence-electron chi connectivity index (χ3n) is 6.14. The van der Waals surface area contributed by atoms with Gasteiger partial charge >= 0.3 is 0 Å². The van der Waals surface area contributed by atoms with Gasteiger partial charge in [-0.15, -0.1) is 0 Å². The van der Waals surface area contributed by atoms with Crippen molar-refractivity contribution in [3.63, 3.8) is 0 Å². The van der Waals surface area contributed by atoms with Crippen LogP contribution in [0, 0.1) is 5.82 Å². The number of nitrogens with two attached hydrogens (primary N) is 2. The number of aliphatic imine (C=N–C) groups is 1. The van der Waals surface area contributed by atoms with Gasteiger partial charge in [-0.05, 0) is 60.6 Å². The first kappa shape index (κ1) is 32.4. The van der Waals surface area contributed by atoms with Crippen molar-refractivity contribution >= 4 is 29.2 Å². The molecule has 0 aromatic heterocycles. The smallest absolute Gasteiger partial charge is 0.150 e. The van der Waals surface area contributed by atoms with Gasteiger partial charge in [-0.25, -0.2) is 4.39 Å². The second kappa shape index (κ2) is 17.7. The number of nitrogens with zero attached hydrogens (tertiary/aromatic N) is 1. The summed E-state index contributed by atoms with van der Waals surface area (Å²) < 4.78 is 14.0. The highest BCUT2D eigenvalue weighted by molar-refractivity contribution is 6.02. The van der Waals surface area contributed by atoms with Crippen molar-refractivity contribution in [2.45, 2.75) is 72.6 Å². The topological polar surface area (TPSA) is 93.5 Å². The summed E-state index contributed by atoms with van der Waals surface area (Å²) in [6, 6.07) is 18.4. The summed E-state index contributed by atoms with van der Waals surface area (Å²) in [5, 5.41) is 3.08. The minimum absolute atomic E-state index is 0.286. The second-order valence-electron chi connectivity index (χ2n) is 8.72. The van der Waals surface area contributed by atoms with E-state index < -0.39 is 0 Å². The second-order valence-corrected chi connectivity index (χ2v) is 8.72. The first-order chi connectivity index (χ1) is 18.4. The molecule has 0 unspecified atom stereocenters. The SMILES string of the molecule is CC.CCCC(CCC)c1ccc(C=O)cc1.CCc1cccc(F)c1Nc1ccc(C(N)=NC)c(N)c1. The maximum absolute atomic E-state index is 14.0. The van der Waals surface area contributed by atoms with E-state index in [1.807, 2.05) is 39.0 Å². The normalized spacial score (nSPS) is 10.7. The van der Waals surface area contributed by atoms with Crippen LogP contribution in [0.25, 0.3) is 0 Å². The van der Waals surface area contributed by atoms with Crippen LogP contribution in [-0.4, -0.2) is 19.2 Å². The summed E-state index contributed by atoms with van der Waals surface area (Å²) in [5.74, 6) is 0.756. The Morgan fingerprint density at radius 2 is 1.63 bits per heavy atom. The Balaban J connectivity index is 0.000000375. The molecule has 0 radical (unpaired) electrons. The summed E-state index contributed by atoms with van der Waals surface area (Å²) in [6.45, 7) is 10.4. The summed E-state index contributed by atoms with van der Waals surface area (Å²) in [7, 11) is 1.60. The van der Waals surface area contributed by atoms with Gasteiger partial charge in [-0.3, -0.25) is 9.79 Å². The van der Waals surface area contributed by atoms with Crippen molar-refractivity contribution in [3.05, 3.63) is 88.7 Å². The van der Waals surface area contributed by atoms with Gasteiger partial charge in [0.05, 0.1) is 5.69 Å². The van der Waals surface area contributed by atoms with Gasteiger partial charge in [-0.2, -0.15) is 0 Å². The van der Waals surface area contributed by atoms with Crippen molar-refractivity contribution in [1.29, 1.82) is 0 Å². The zero-order valence-corrected chi connectivity index (χ0v) is 23.9.